The molecule has 0 bridgehead atoms. The van der Waals surface area contributed by atoms with Crippen LogP contribution in [-0.4, -0.2) is 28.5 Å². The first-order valence-corrected chi connectivity index (χ1v) is 5.68. The fourth-order valence-corrected chi connectivity index (χ4v) is 2.56. The summed E-state index contributed by atoms with van der Waals surface area (Å²) in [6, 6.07) is 0.790. The summed E-state index contributed by atoms with van der Waals surface area (Å²) in [5.41, 5.74) is 11.5. The Morgan fingerprint density at radius 1 is 1.67 bits per heavy atom. The summed E-state index contributed by atoms with van der Waals surface area (Å²) in [7, 11) is 0. The Hall–Kier alpha value is -0.360. The third-order valence-electron chi connectivity index (χ3n) is 2.88. The number of anilines is 1. The average Bonchev–Trinajstić information content (AvgIpc) is 2.67. The standard InChI is InChI=1S/C9H16N4S.ClH/c1-6-8(10)2-3-13(6)5-7-4-12-9(11)14-7;/h4,6,8H,2-3,5,10H2,1H3,(H2,11,12);1H. The predicted molar refractivity (Wildman–Crippen MR) is 66.2 cm³/mol. The number of hydrogen-bond donors (Lipinski definition) is 2. The molecule has 1 fully saturated rings. The highest BCUT2D eigenvalue weighted by Crippen LogP contribution is 2.22. The number of rotatable bonds is 2. The van der Waals surface area contributed by atoms with Crippen molar-refractivity contribution in [1.29, 1.82) is 0 Å². The number of likely N-dealkylation sites (tertiary alicyclic amines) is 1. The van der Waals surface area contributed by atoms with Crippen LogP contribution in [0.3, 0.4) is 0 Å². The fourth-order valence-electron chi connectivity index (χ4n) is 1.85. The molecule has 1 aliphatic heterocycles. The van der Waals surface area contributed by atoms with E-state index in [0.29, 0.717) is 17.2 Å². The molecule has 2 rings (SSSR count). The minimum absolute atomic E-state index is 0. The minimum atomic E-state index is 0. The highest BCUT2D eigenvalue weighted by Gasteiger charge is 2.27. The quantitative estimate of drug-likeness (QED) is 0.822. The second kappa shape index (κ2) is 5.12. The zero-order valence-electron chi connectivity index (χ0n) is 8.72. The van der Waals surface area contributed by atoms with Gasteiger partial charge < -0.3 is 11.5 Å². The molecule has 15 heavy (non-hydrogen) atoms. The molecule has 0 saturated carbocycles. The Morgan fingerprint density at radius 3 is 2.87 bits per heavy atom. The lowest BCUT2D eigenvalue weighted by Gasteiger charge is -2.21. The molecule has 2 unspecified atom stereocenters. The first kappa shape index (κ1) is 12.7. The fraction of sp³-hybridized carbons (Fsp3) is 0.667. The summed E-state index contributed by atoms with van der Waals surface area (Å²) < 4.78 is 0. The maximum Gasteiger partial charge on any atom is 0.180 e. The van der Waals surface area contributed by atoms with Crippen molar-refractivity contribution < 1.29 is 0 Å². The van der Waals surface area contributed by atoms with Crippen LogP contribution in [0.25, 0.3) is 0 Å². The monoisotopic (exact) mass is 248 g/mol. The Labute approximate surface area is 100 Å². The maximum absolute atomic E-state index is 5.95. The van der Waals surface area contributed by atoms with Crippen molar-refractivity contribution >= 4 is 28.9 Å². The number of nitrogens with two attached hydrogens (primary N) is 2. The molecule has 0 radical (unpaired) electrons. The van der Waals surface area contributed by atoms with Gasteiger partial charge in [0.25, 0.3) is 0 Å². The first-order chi connectivity index (χ1) is 6.66. The van der Waals surface area contributed by atoms with Crippen LogP contribution in [-0.2, 0) is 6.54 Å². The van der Waals surface area contributed by atoms with Crippen molar-refractivity contribution in [2.45, 2.75) is 32.0 Å². The van der Waals surface area contributed by atoms with Crippen molar-refractivity contribution in [1.82, 2.24) is 9.88 Å². The van der Waals surface area contributed by atoms with E-state index in [4.69, 9.17) is 11.5 Å². The molecule has 86 valence electrons. The lowest BCUT2D eigenvalue weighted by atomic mass is 10.2. The van der Waals surface area contributed by atoms with Gasteiger partial charge in [-0.3, -0.25) is 4.90 Å². The summed E-state index contributed by atoms with van der Waals surface area (Å²) in [5, 5.41) is 0.649. The van der Waals surface area contributed by atoms with E-state index in [-0.39, 0.29) is 12.4 Å². The van der Waals surface area contributed by atoms with E-state index in [1.54, 1.807) is 11.3 Å². The molecule has 1 aromatic heterocycles. The van der Waals surface area contributed by atoms with Gasteiger partial charge in [-0.1, -0.05) is 0 Å². The zero-order valence-corrected chi connectivity index (χ0v) is 10.4. The summed E-state index contributed by atoms with van der Waals surface area (Å²) in [6.45, 7) is 4.20. The van der Waals surface area contributed by atoms with Gasteiger partial charge in [-0.15, -0.1) is 23.7 Å². The molecular weight excluding hydrogens is 232 g/mol. The molecule has 4 nitrogen and oxygen atoms in total. The molecule has 1 saturated heterocycles. The van der Waals surface area contributed by atoms with Gasteiger partial charge in [0.05, 0.1) is 0 Å². The molecule has 1 aliphatic rings. The van der Waals surface area contributed by atoms with Crippen LogP contribution in [0.2, 0.25) is 0 Å². The number of aromatic nitrogens is 1. The van der Waals surface area contributed by atoms with Gasteiger partial charge in [0.15, 0.2) is 5.13 Å². The van der Waals surface area contributed by atoms with Crippen LogP contribution < -0.4 is 11.5 Å². The van der Waals surface area contributed by atoms with E-state index in [1.165, 1.54) is 4.88 Å². The number of hydrogen-bond acceptors (Lipinski definition) is 5. The largest absolute Gasteiger partial charge is 0.375 e. The van der Waals surface area contributed by atoms with Crippen LogP contribution in [0.15, 0.2) is 6.20 Å². The van der Waals surface area contributed by atoms with Gasteiger partial charge in [0.2, 0.25) is 0 Å². The lowest BCUT2D eigenvalue weighted by molar-refractivity contribution is 0.254. The molecule has 0 spiro atoms. The topological polar surface area (TPSA) is 68.2 Å². The van der Waals surface area contributed by atoms with E-state index >= 15 is 0 Å². The van der Waals surface area contributed by atoms with Crippen LogP contribution >= 0.6 is 23.7 Å². The molecule has 6 heteroatoms. The van der Waals surface area contributed by atoms with Crippen LogP contribution in [0.1, 0.15) is 18.2 Å². The van der Waals surface area contributed by atoms with Crippen molar-refractivity contribution in [3.8, 4) is 0 Å². The number of halogens is 1. The average molecular weight is 249 g/mol. The van der Waals surface area contributed by atoms with E-state index in [9.17, 15) is 0 Å². The van der Waals surface area contributed by atoms with Gasteiger partial charge in [0.1, 0.15) is 0 Å². The second-order valence-corrected chi connectivity index (χ2v) is 4.98. The van der Waals surface area contributed by atoms with Gasteiger partial charge in [-0.2, -0.15) is 0 Å². The van der Waals surface area contributed by atoms with Crippen LogP contribution in [0.5, 0.6) is 0 Å². The van der Waals surface area contributed by atoms with Crippen molar-refractivity contribution in [2.75, 3.05) is 12.3 Å². The highest BCUT2D eigenvalue weighted by atomic mass is 35.5. The molecule has 2 heterocycles. The third-order valence-corrected chi connectivity index (χ3v) is 3.69. The van der Waals surface area contributed by atoms with Crippen LogP contribution in [0.4, 0.5) is 5.13 Å². The lowest BCUT2D eigenvalue weighted by Crippen LogP contribution is -2.36. The maximum atomic E-state index is 5.95. The summed E-state index contributed by atoms with van der Waals surface area (Å²) in [4.78, 5) is 7.65. The Kier molecular flexibility index (Phi) is 4.33. The molecule has 4 N–H and O–H groups in total. The zero-order chi connectivity index (χ0) is 10.1. The van der Waals surface area contributed by atoms with E-state index in [2.05, 4.69) is 16.8 Å². The van der Waals surface area contributed by atoms with Crippen molar-refractivity contribution in [2.24, 2.45) is 5.73 Å². The molecule has 0 amide bonds. The molecule has 0 aromatic carbocycles. The van der Waals surface area contributed by atoms with E-state index in [0.717, 1.165) is 19.5 Å². The predicted octanol–water partition coefficient (Wildman–Crippen LogP) is 1.07. The first-order valence-electron chi connectivity index (χ1n) is 4.86. The molecule has 1 aromatic rings. The van der Waals surface area contributed by atoms with E-state index in [1.807, 2.05) is 6.20 Å². The number of nitrogen functional groups attached to an aromatic ring is 1. The molecular formula is C9H17ClN4S. The Balaban J connectivity index is 0.00000112. The van der Waals surface area contributed by atoms with Gasteiger partial charge in [0, 0.05) is 36.2 Å². The number of nitrogens with zero attached hydrogens (tertiary/aromatic N) is 2. The van der Waals surface area contributed by atoms with Crippen LogP contribution in [0, 0.1) is 0 Å². The van der Waals surface area contributed by atoms with Gasteiger partial charge in [-0.25, -0.2) is 4.98 Å². The summed E-state index contributed by atoms with van der Waals surface area (Å²) in [6.07, 6.45) is 2.95. The van der Waals surface area contributed by atoms with Crippen molar-refractivity contribution in [3.05, 3.63) is 11.1 Å². The smallest absolute Gasteiger partial charge is 0.180 e. The third kappa shape index (κ3) is 2.81. The normalized spacial score (nSPS) is 26.5. The number of thiazole rings is 1. The summed E-state index contributed by atoms with van der Waals surface area (Å²) in [5.74, 6) is 0. The molecule has 2 atom stereocenters. The minimum Gasteiger partial charge on any atom is -0.375 e. The SMILES string of the molecule is CC1C(N)CCN1Cc1cnc(N)s1.Cl. The van der Waals surface area contributed by atoms with Gasteiger partial charge in [-0.05, 0) is 13.3 Å². The van der Waals surface area contributed by atoms with E-state index < -0.39 is 0 Å². The van der Waals surface area contributed by atoms with Gasteiger partial charge >= 0.3 is 0 Å². The highest BCUT2D eigenvalue weighted by molar-refractivity contribution is 7.15. The summed E-state index contributed by atoms with van der Waals surface area (Å²) >= 11 is 1.56. The molecule has 0 aliphatic carbocycles. The Morgan fingerprint density at radius 2 is 2.40 bits per heavy atom. The Bertz CT molecular complexity index is 317. The van der Waals surface area contributed by atoms with Crippen molar-refractivity contribution in [3.63, 3.8) is 0 Å². The second-order valence-electron chi connectivity index (χ2n) is 3.83.